The van der Waals surface area contributed by atoms with E-state index >= 15 is 0 Å². The largest absolute Gasteiger partial charge is 0.361 e. The van der Waals surface area contributed by atoms with Crippen LogP contribution in [0.15, 0.2) is 30.5 Å². The zero-order chi connectivity index (χ0) is 12.4. The van der Waals surface area contributed by atoms with Crippen molar-refractivity contribution in [3.63, 3.8) is 0 Å². The van der Waals surface area contributed by atoms with Crippen molar-refractivity contribution in [2.45, 2.75) is 47.5 Å². The van der Waals surface area contributed by atoms with Crippen molar-refractivity contribution in [1.29, 1.82) is 0 Å². The van der Waals surface area contributed by atoms with Crippen LogP contribution in [-0.4, -0.2) is 4.98 Å². The Morgan fingerprint density at radius 3 is 2.06 bits per heavy atom. The molecule has 1 aromatic heterocycles. The second-order valence-corrected chi connectivity index (χ2v) is 3.52. The summed E-state index contributed by atoms with van der Waals surface area (Å²) in [5.41, 5.74) is 2.54. The number of unbranched alkanes of at least 4 members (excludes halogenated alkanes) is 1. The summed E-state index contributed by atoms with van der Waals surface area (Å²) in [4.78, 5) is 3.19. The predicted molar refractivity (Wildman–Crippen MR) is 75.0 cm³/mol. The lowest BCUT2D eigenvalue weighted by atomic mass is 10.2. The van der Waals surface area contributed by atoms with Crippen LogP contribution in [-0.2, 0) is 0 Å². The minimum atomic E-state index is 1.22. The van der Waals surface area contributed by atoms with Gasteiger partial charge in [-0.05, 0) is 18.6 Å². The van der Waals surface area contributed by atoms with Gasteiger partial charge in [0.2, 0.25) is 0 Å². The van der Waals surface area contributed by atoms with E-state index in [0.29, 0.717) is 0 Å². The molecule has 1 aromatic carbocycles. The van der Waals surface area contributed by atoms with Crippen LogP contribution in [0.25, 0.3) is 10.9 Å². The molecule has 0 unspecified atom stereocenters. The lowest BCUT2D eigenvalue weighted by Gasteiger charge is -1.86. The maximum Gasteiger partial charge on any atom is 0.0456 e. The van der Waals surface area contributed by atoms with Crippen LogP contribution in [0.1, 0.15) is 46.1 Å². The highest BCUT2D eigenvalue weighted by molar-refractivity contribution is 5.82. The van der Waals surface area contributed by atoms with E-state index in [2.05, 4.69) is 44.0 Å². The number of para-hydroxylation sites is 1. The van der Waals surface area contributed by atoms with Gasteiger partial charge < -0.3 is 4.98 Å². The summed E-state index contributed by atoms with van der Waals surface area (Å²) in [5, 5.41) is 1.32. The Bertz CT molecular complexity index is 372. The molecule has 1 N–H and O–H groups in total. The second-order valence-electron chi connectivity index (χ2n) is 3.52. The molecule has 0 aliphatic carbocycles. The standard InChI is InChI=1S/C9H9N.C4H10.C2H6/c1-7-6-10-9-5-3-2-4-8(7)9;1-3-4-2;1-2/h2-6,10H,1H3;3-4H2,1-2H3;1-2H3. The van der Waals surface area contributed by atoms with E-state index in [-0.39, 0.29) is 0 Å². The molecule has 1 heteroatoms. The third kappa shape index (κ3) is 4.52. The number of rotatable bonds is 1. The molecule has 1 heterocycles. The van der Waals surface area contributed by atoms with Crippen LogP contribution in [0.2, 0.25) is 0 Å². The van der Waals surface area contributed by atoms with Gasteiger partial charge in [0.05, 0.1) is 0 Å². The van der Waals surface area contributed by atoms with Gasteiger partial charge in [-0.2, -0.15) is 0 Å². The first kappa shape index (κ1) is 14.8. The van der Waals surface area contributed by atoms with Gasteiger partial charge in [0.25, 0.3) is 0 Å². The first-order valence-electron chi connectivity index (χ1n) is 6.32. The molecule has 2 aromatic rings. The van der Waals surface area contributed by atoms with Gasteiger partial charge in [0.15, 0.2) is 0 Å². The third-order valence-electron chi connectivity index (χ3n) is 2.30. The molecule has 0 aliphatic rings. The van der Waals surface area contributed by atoms with Crippen molar-refractivity contribution in [3.05, 3.63) is 36.0 Å². The van der Waals surface area contributed by atoms with Gasteiger partial charge in [0.1, 0.15) is 0 Å². The average molecular weight is 219 g/mol. The molecule has 0 saturated heterocycles. The Balaban J connectivity index is 0.000000323. The van der Waals surface area contributed by atoms with Crippen LogP contribution >= 0.6 is 0 Å². The van der Waals surface area contributed by atoms with Crippen LogP contribution < -0.4 is 0 Å². The molecule has 0 amide bonds. The molecule has 1 nitrogen and oxygen atoms in total. The minimum absolute atomic E-state index is 1.22. The van der Waals surface area contributed by atoms with Crippen molar-refractivity contribution in [2.75, 3.05) is 0 Å². The van der Waals surface area contributed by atoms with Gasteiger partial charge >= 0.3 is 0 Å². The minimum Gasteiger partial charge on any atom is -0.361 e. The zero-order valence-corrected chi connectivity index (χ0v) is 11.3. The highest BCUT2D eigenvalue weighted by atomic mass is 14.7. The van der Waals surface area contributed by atoms with Gasteiger partial charge in [-0.15, -0.1) is 0 Å². The van der Waals surface area contributed by atoms with Crippen LogP contribution in [0.4, 0.5) is 0 Å². The number of aryl methyl sites for hydroxylation is 1. The van der Waals surface area contributed by atoms with Crippen molar-refractivity contribution in [1.82, 2.24) is 4.98 Å². The van der Waals surface area contributed by atoms with E-state index in [4.69, 9.17) is 0 Å². The van der Waals surface area contributed by atoms with Crippen molar-refractivity contribution >= 4 is 10.9 Å². The lowest BCUT2D eigenvalue weighted by molar-refractivity contribution is 0.886. The summed E-state index contributed by atoms with van der Waals surface area (Å²) in [6.45, 7) is 10.5. The third-order valence-corrected chi connectivity index (χ3v) is 2.30. The molecule has 0 aliphatic heterocycles. The molecular weight excluding hydrogens is 194 g/mol. The molecular formula is C15H25N. The number of hydrogen-bond donors (Lipinski definition) is 1. The van der Waals surface area contributed by atoms with Crippen molar-refractivity contribution in [2.24, 2.45) is 0 Å². The van der Waals surface area contributed by atoms with Crippen LogP contribution in [0.3, 0.4) is 0 Å². The summed E-state index contributed by atoms with van der Waals surface area (Å²) in [6.07, 6.45) is 4.67. The number of H-pyrrole nitrogens is 1. The van der Waals surface area contributed by atoms with Crippen molar-refractivity contribution in [3.8, 4) is 0 Å². The van der Waals surface area contributed by atoms with Gasteiger partial charge in [-0.1, -0.05) is 58.7 Å². The maximum absolute atomic E-state index is 3.19. The molecule has 0 bridgehead atoms. The Kier molecular flexibility index (Phi) is 8.32. The summed E-state index contributed by atoms with van der Waals surface area (Å²) in [6, 6.07) is 8.31. The molecule has 90 valence electrons. The number of aromatic nitrogens is 1. The number of benzene rings is 1. The van der Waals surface area contributed by atoms with Crippen LogP contribution in [0, 0.1) is 6.92 Å². The number of aromatic amines is 1. The fourth-order valence-corrected chi connectivity index (χ4v) is 1.22. The number of fused-ring (bicyclic) bond motifs is 1. The monoisotopic (exact) mass is 219 g/mol. The van der Waals surface area contributed by atoms with E-state index in [1.165, 1.54) is 29.3 Å². The Morgan fingerprint density at radius 1 is 1.00 bits per heavy atom. The van der Waals surface area contributed by atoms with E-state index < -0.39 is 0 Å². The Morgan fingerprint density at radius 2 is 1.56 bits per heavy atom. The van der Waals surface area contributed by atoms with Crippen molar-refractivity contribution < 1.29 is 0 Å². The summed E-state index contributed by atoms with van der Waals surface area (Å²) < 4.78 is 0. The molecule has 0 radical (unpaired) electrons. The molecule has 2 rings (SSSR count). The normalized spacial score (nSPS) is 8.81. The van der Waals surface area contributed by atoms with E-state index in [9.17, 15) is 0 Å². The molecule has 0 fully saturated rings. The summed E-state index contributed by atoms with van der Waals surface area (Å²) in [5.74, 6) is 0. The summed E-state index contributed by atoms with van der Waals surface area (Å²) >= 11 is 0. The maximum atomic E-state index is 3.19. The number of hydrogen-bond acceptors (Lipinski definition) is 0. The fraction of sp³-hybridized carbons (Fsp3) is 0.467. The van der Waals surface area contributed by atoms with Gasteiger partial charge in [0, 0.05) is 17.1 Å². The molecule has 16 heavy (non-hydrogen) atoms. The molecule has 0 atom stereocenters. The number of nitrogens with one attached hydrogen (secondary N) is 1. The zero-order valence-electron chi connectivity index (χ0n) is 11.3. The first-order valence-corrected chi connectivity index (χ1v) is 6.32. The highest BCUT2D eigenvalue weighted by Gasteiger charge is 1.94. The first-order chi connectivity index (χ1) is 7.79. The topological polar surface area (TPSA) is 15.8 Å². The second kappa shape index (κ2) is 9.02. The lowest BCUT2D eigenvalue weighted by Crippen LogP contribution is -1.64. The van der Waals surface area contributed by atoms with E-state index in [1.807, 2.05) is 26.1 Å². The van der Waals surface area contributed by atoms with E-state index in [0.717, 1.165) is 0 Å². The van der Waals surface area contributed by atoms with Crippen LogP contribution in [0.5, 0.6) is 0 Å². The summed E-state index contributed by atoms with van der Waals surface area (Å²) in [7, 11) is 0. The Labute approximate surface area is 99.9 Å². The predicted octanol–water partition coefficient (Wildman–Crippen LogP) is 5.31. The van der Waals surface area contributed by atoms with Gasteiger partial charge in [-0.3, -0.25) is 0 Å². The van der Waals surface area contributed by atoms with Gasteiger partial charge in [-0.25, -0.2) is 0 Å². The Hall–Kier alpha value is -1.24. The smallest absolute Gasteiger partial charge is 0.0456 e. The molecule has 0 saturated carbocycles. The highest BCUT2D eigenvalue weighted by Crippen LogP contribution is 2.15. The molecule has 0 spiro atoms. The SMILES string of the molecule is CC.CCCC.Cc1c[nH]c2ccccc12. The van der Waals surface area contributed by atoms with E-state index in [1.54, 1.807) is 0 Å². The fourth-order valence-electron chi connectivity index (χ4n) is 1.22. The quantitative estimate of drug-likeness (QED) is 0.669. The average Bonchev–Trinajstić information content (AvgIpc) is 2.75.